The highest BCUT2D eigenvalue weighted by Crippen LogP contribution is 2.40. The molecule has 2 rings (SSSR count). The molecule has 0 saturated carbocycles. The topological polar surface area (TPSA) is 29.5 Å². The van der Waals surface area contributed by atoms with E-state index in [0.717, 1.165) is 38.0 Å². The number of allylic oxidation sites excluding steroid dienone is 5. The van der Waals surface area contributed by atoms with Gasteiger partial charge in [-0.15, -0.1) is 0 Å². The van der Waals surface area contributed by atoms with Crippen LogP contribution in [-0.2, 0) is 4.89 Å². The summed E-state index contributed by atoms with van der Waals surface area (Å²) in [4.78, 5) is 4.81. The molecule has 3 unspecified atom stereocenters. The van der Waals surface area contributed by atoms with Gasteiger partial charge in [-0.05, 0) is 75.2 Å². The van der Waals surface area contributed by atoms with Gasteiger partial charge in [0, 0.05) is 0 Å². The van der Waals surface area contributed by atoms with Gasteiger partial charge in [0.25, 0.3) is 0 Å². The summed E-state index contributed by atoms with van der Waals surface area (Å²) in [5.74, 6) is 1.26. The van der Waals surface area contributed by atoms with Crippen LogP contribution in [-0.4, -0.2) is 11.4 Å². The maximum absolute atomic E-state index is 9.30. The maximum atomic E-state index is 9.30. The molecule has 1 N–H and O–H groups in total. The van der Waals surface area contributed by atoms with E-state index in [4.69, 9.17) is 4.89 Å². The van der Waals surface area contributed by atoms with Gasteiger partial charge in [0.2, 0.25) is 0 Å². The number of rotatable bonds is 7. The Hall–Kier alpha value is -0.860. The summed E-state index contributed by atoms with van der Waals surface area (Å²) in [5.41, 5.74) is 6.24. The van der Waals surface area contributed by atoms with Crippen molar-refractivity contribution in [2.45, 2.75) is 91.6 Å². The van der Waals surface area contributed by atoms with Crippen molar-refractivity contribution < 1.29 is 10.1 Å². The summed E-state index contributed by atoms with van der Waals surface area (Å²) in [6, 6.07) is 0. The van der Waals surface area contributed by atoms with Crippen molar-refractivity contribution in [2.24, 2.45) is 11.8 Å². The summed E-state index contributed by atoms with van der Waals surface area (Å²) < 4.78 is 0. The standard InChI is InChI=1S/C22H36O2/c1-5-16-9-11-18(12-10-16)20(7-3)21(8-4)19-14-13-17(6-2)22(15-19)24-23/h9,13,18-19,22-23H,5-8,10-12,14-15H2,1-4H3/b21-20+. The smallest absolute Gasteiger partial charge is 0.114 e. The lowest BCUT2D eigenvalue weighted by atomic mass is 9.74. The van der Waals surface area contributed by atoms with Gasteiger partial charge in [0.05, 0.1) is 0 Å². The van der Waals surface area contributed by atoms with Crippen molar-refractivity contribution in [3.8, 4) is 0 Å². The third-order valence-corrected chi connectivity index (χ3v) is 6.23. The Bertz CT molecular complexity index is 498. The summed E-state index contributed by atoms with van der Waals surface area (Å²) in [6.45, 7) is 9.04. The van der Waals surface area contributed by atoms with Crippen molar-refractivity contribution in [1.29, 1.82) is 0 Å². The van der Waals surface area contributed by atoms with Gasteiger partial charge in [-0.25, -0.2) is 4.89 Å². The van der Waals surface area contributed by atoms with E-state index in [1.54, 1.807) is 16.7 Å². The molecule has 0 aromatic rings. The van der Waals surface area contributed by atoms with Crippen LogP contribution in [0.1, 0.15) is 85.5 Å². The highest BCUT2D eigenvalue weighted by molar-refractivity contribution is 5.26. The monoisotopic (exact) mass is 332 g/mol. The van der Waals surface area contributed by atoms with Crippen molar-refractivity contribution in [1.82, 2.24) is 0 Å². The fraction of sp³-hybridized carbons (Fsp3) is 0.727. The Labute approximate surface area is 148 Å². The van der Waals surface area contributed by atoms with E-state index in [1.165, 1.54) is 31.3 Å². The predicted octanol–water partition coefficient (Wildman–Crippen LogP) is 6.84. The molecule has 0 bridgehead atoms. The Kier molecular flexibility index (Phi) is 7.77. The lowest BCUT2D eigenvalue weighted by Crippen LogP contribution is -2.25. The first-order valence-corrected chi connectivity index (χ1v) is 10.1. The van der Waals surface area contributed by atoms with E-state index in [9.17, 15) is 5.26 Å². The molecule has 2 heteroatoms. The second-order valence-electron chi connectivity index (χ2n) is 7.34. The average molecular weight is 333 g/mol. The normalized spacial score (nSPS) is 29.0. The minimum Gasteiger partial charge on any atom is -0.251 e. The third kappa shape index (κ3) is 4.40. The molecule has 0 heterocycles. The SMILES string of the molecule is CCC1=CCC(/C(CC)=C(\CC)C2CC=C(CC)C(OO)C2)CC1. The summed E-state index contributed by atoms with van der Waals surface area (Å²) in [6.07, 6.45) is 15.0. The zero-order chi connectivity index (χ0) is 17.5. The van der Waals surface area contributed by atoms with Gasteiger partial charge < -0.3 is 0 Å². The van der Waals surface area contributed by atoms with E-state index in [2.05, 4.69) is 39.8 Å². The zero-order valence-electron chi connectivity index (χ0n) is 16.1. The molecule has 2 aliphatic carbocycles. The van der Waals surface area contributed by atoms with Crippen LogP contribution in [0.15, 0.2) is 34.4 Å². The van der Waals surface area contributed by atoms with E-state index in [1.807, 2.05) is 0 Å². The molecule has 0 saturated heterocycles. The largest absolute Gasteiger partial charge is 0.251 e. The van der Waals surface area contributed by atoms with Gasteiger partial charge in [-0.1, -0.05) is 56.6 Å². The van der Waals surface area contributed by atoms with E-state index >= 15 is 0 Å². The van der Waals surface area contributed by atoms with E-state index in [0.29, 0.717) is 5.92 Å². The maximum Gasteiger partial charge on any atom is 0.114 e. The Balaban J connectivity index is 2.22. The fourth-order valence-electron chi connectivity index (χ4n) is 4.78. The molecular weight excluding hydrogens is 296 g/mol. The van der Waals surface area contributed by atoms with E-state index in [-0.39, 0.29) is 6.10 Å². The lowest BCUT2D eigenvalue weighted by molar-refractivity contribution is -0.272. The molecule has 0 fully saturated rings. The number of hydrogen-bond donors (Lipinski definition) is 1. The molecule has 2 aliphatic rings. The van der Waals surface area contributed by atoms with Crippen LogP contribution in [0.5, 0.6) is 0 Å². The first-order valence-electron chi connectivity index (χ1n) is 10.1. The van der Waals surface area contributed by atoms with Crippen molar-refractivity contribution >= 4 is 0 Å². The highest BCUT2D eigenvalue weighted by atomic mass is 17.1. The fourth-order valence-corrected chi connectivity index (χ4v) is 4.78. The van der Waals surface area contributed by atoms with Gasteiger partial charge in [-0.2, -0.15) is 0 Å². The van der Waals surface area contributed by atoms with Crippen LogP contribution in [0.2, 0.25) is 0 Å². The highest BCUT2D eigenvalue weighted by Gasteiger charge is 2.29. The molecule has 0 spiro atoms. The van der Waals surface area contributed by atoms with Gasteiger partial charge >= 0.3 is 0 Å². The zero-order valence-corrected chi connectivity index (χ0v) is 16.1. The lowest BCUT2D eigenvalue weighted by Gasteiger charge is -2.33. The summed E-state index contributed by atoms with van der Waals surface area (Å²) in [5, 5.41) is 9.30. The molecule has 0 aliphatic heterocycles. The Morgan fingerprint density at radius 2 is 1.67 bits per heavy atom. The van der Waals surface area contributed by atoms with Crippen molar-refractivity contribution in [2.75, 3.05) is 0 Å². The minimum absolute atomic E-state index is 0.105. The number of hydrogen-bond acceptors (Lipinski definition) is 2. The second-order valence-corrected chi connectivity index (χ2v) is 7.34. The summed E-state index contributed by atoms with van der Waals surface area (Å²) in [7, 11) is 0. The van der Waals surface area contributed by atoms with Gasteiger partial charge in [0.1, 0.15) is 6.10 Å². The van der Waals surface area contributed by atoms with Crippen LogP contribution in [0.4, 0.5) is 0 Å². The Morgan fingerprint density at radius 1 is 1.00 bits per heavy atom. The first-order chi connectivity index (χ1) is 11.7. The summed E-state index contributed by atoms with van der Waals surface area (Å²) >= 11 is 0. The first kappa shape index (κ1) is 19.5. The molecule has 0 aromatic heterocycles. The molecular formula is C22H36O2. The molecule has 0 aromatic carbocycles. The second kappa shape index (κ2) is 9.58. The molecule has 24 heavy (non-hydrogen) atoms. The Morgan fingerprint density at radius 3 is 2.17 bits per heavy atom. The minimum atomic E-state index is -0.105. The molecule has 0 amide bonds. The average Bonchev–Trinajstić information content (AvgIpc) is 2.65. The van der Waals surface area contributed by atoms with E-state index < -0.39 is 0 Å². The van der Waals surface area contributed by atoms with Crippen molar-refractivity contribution in [3.63, 3.8) is 0 Å². The van der Waals surface area contributed by atoms with Gasteiger partial charge in [-0.3, -0.25) is 5.26 Å². The van der Waals surface area contributed by atoms with Crippen LogP contribution in [0.25, 0.3) is 0 Å². The van der Waals surface area contributed by atoms with Crippen LogP contribution in [0.3, 0.4) is 0 Å². The van der Waals surface area contributed by atoms with Crippen molar-refractivity contribution in [3.05, 3.63) is 34.4 Å². The third-order valence-electron chi connectivity index (χ3n) is 6.23. The predicted molar refractivity (Wildman–Crippen MR) is 102 cm³/mol. The van der Waals surface area contributed by atoms with Crippen LogP contribution >= 0.6 is 0 Å². The van der Waals surface area contributed by atoms with Gasteiger partial charge in [0.15, 0.2) is 0 Å². The van der Waals surface area contributed by atoms with Crippen LogP contribution < -0.4 is 0 Å². The molecule has 2 nitrogen and oxygen atoms in total. The molecule has 0 radical (unpaired) electrons. The quantitative estimate of drug-likeness (QED) is 0.314. The molecule has 3 atom stereocenters. The van der Waals surface area contributed by atoms with Crippen LogP contribution in [0, 0.1) is 11.8 Å². The molecule has 136 valence electrons.